The minimum absolute atomic E-state index is 0.395. The standard InChI is InChI=1S/C11H19NO/c1-4-5-7-12-8-6-10(2)11(9-12)13-3/h1,10-11H,5-9H2,2-3H3. The first-order valence-electron chi connectivity index (χ1n) is 4.96. The van der Waals surface area contributed by atoms with Gasteiger partial charge in [0.25, 0.3) is 0 Å². The lowest BCUT2D eigenvalue weighted by atomic mass is 9.96. The number of ether oxygens (including phenoxy) is 1. The summed E-state index contributed by atoms with van der Waals surface area (Å²) in [5.74, 6) is 3.36. The van der Waals surface area contributed by atoms with Gasteiger partial charge in [0.1, 0.15) is 0 Å². The number of terminal acetylenes is 1. The molecule has 1 fully saturated rings. The fourth-order valence-corrected chi connectivity index (χ4v) is 1.83. The fraction of sp³-hybridized carbons (Fsp3) is 0.818. The highest BCUT2D eigenvalue weighted by atomic mass is 16.5. The highest BCUT2D eigenvalue weighted by Crippen LogP contribution is 2.19. The largest absolute Gasteiger partial charge is 0.380 e. The van der Waals surface area contributed by atoms with Crippen molar-refractivity contribution in [1.82, 2.24) is 4.90 Å². The Morgan fingerprint density at radius 2 is 2.38 bits per heavy atom. The normalized spacial score (nSPS) is 29.9. The molecule has 0 aromatic rings. The van der Waals surface area contributed by atoms with Crippen LogP contribution in [-0.2, 0) is 4.74 Å². The van der Waals surface area contributed by atoms with Crippen molar-refractivity contribution in [2.75, 3.05) is 26.7 Å². The molecule has 2 atom stereocenters. The Morgan fingerprint density at radius 1 is 1.62 bits per heavy atom. The predicted molar refractivity (Wildman–Crippen MR) is 54.5 cm³/mol. The Bertz CT molecular complexity index is 185. The number of piperidine rings is 1. The van der Waals surface area contributed by atoms with Gasteiger partial charge in [-0.05, 0) is 18.9 Å². The zero-order chi connectivity index (χ0) is 9.68. The quantitative estimate of drug-likeness (QED) is 0.610. The van der Waals surface area contributed by atoms with Gasteiger partial charge in [-0.15, -0.1) is 12.3 Å². The number of methoxy groups -OCH3 is 1. The van der Waals surface area contributed by atoms with E-state index in [0.29, 0.717) is 12.0 Å². The van der Waals surface area contributed by atoms with Crippen molar-refractivity contribution in [1.29, 1.82) is 0 Å². The molecule has 0 saturated carbocycles. The van der Waals surface area contributed by atoms with Crippen molar-refractivity contribution < 1.29 is 4.74 Å². The minimum atomic E-state index is 0.395. The van der Waals surface area contributed by atoms with Crippen LogP contribution < -0.4 is 0 Å². The number of rotatable bonds is 3. The van der Waals surface area contributed by atoms with Crippen molar-refractivity contribution in [3.63, 3.8) is 0 Å². The molecular weight excluding hydrogens is 162 g/mol. The lowest BCUT2D eigenvalue weighted by molar-refractivity contribution is -0.00413. The number of hydrogen-bond acceptors (Lipinski definition) is 2. The van der Waals surface area contributed by atoms with Crippen LogP contribution in [0.1, 0.15) is 19.8 Å². The van der Waals surface area contributed by atoms with Crippen LogP contribution in [0.5, 0.6) is 0 Å². The van der Waals surface area contributed by atoms with E-state index in [2.05, 4.69) is 17.7 Å². The molecule has 0 amide bonds. The molecule has 2 nitrogen and oxygen atoms in total. The molecular formula is C11H19NO. The topological polar surface area (TPSA) is 12.5 Å². The monoisotopic (exact) mass is 181 g/mol. The summed E-state index contributed by atoms with van der Waals surface area (Å²) in [7, 11) is 1.80. The molecule has 0 aromatic carbocycles. The summed E-state index contributed by atoms with van der Waals surface area (Å²) in [5, 5.41) is 0. The Balaban J connectivity index is 2.32. The van der Waals surface area contributed by atoms with Crippen LogP contribution in [0.25, 0.3) is 0 Å². The highest BCUT2D eigenvalue weighted by molar-refractivity contribution is 4.86. The van der Waals surface area contributed by atoms with Crippen LogP contribution in [0.4, 0.5) is 0 Å². The molecule has 0 N–H and O–H groups in total. The lowest BCUT2D eigenvalue weighted by Gasteiger charge is -2.35. The van der Waals surface area contributed by atoms with E-state index in [1.807, 2.05) is 0 Å². The van der Waals surface area contributed by atoms with Crippen LogP contribution in [0.3, 0.4) is 0 Å². The predicted octanol–water partition coefficient (Wildman–Crippen LogP) is 1.37. The van der Waals surface area contributed by atoms with E-state index < -0.39 is 0 Å². The zero-order valence-corrected chi connectivity index (χ0v) is 8.62. The van der Waals surface area contributed by atoms with E-state index in [9.17, 15) is 0 Å². The summed E-state index contributed by atoms with van der Waals surface area (Å²) in [4.78, 5) is 2.40. The second kappa shape index (κ2) is 5.26. The van der Waals surface area contributed by atoms with Crippen molar-refractivity contribution in [3.8, 4) is 12.3 Å². The number of hydrogen-bond donors (Lipinski definition) is 0. The van der Waals surface area contributed by atoms with Crippen molar-refractivity contribution in [2.45, 2.75) is 25.9 Å². The van der Waals surface area contributed by atoms with Gasteiger partial charge in [0.15, 0.2) is 0 Å². The average Bonchev–Trinajstić information content (AvgIpc) is 2.16. The minimum Gasteiger partial charge on any atom is -0.380 e. The van der Waals surface area contributed by atoms with Gasteiger partial charge in [0, 0.05) is 26.6 Å². The Hall–Kier alpha value is -0.520. The van der Waals surface area contributed by atoms with Gasteiger partial charge in [-0.3, -0.25) is 4.90 Å². The molecule has 74 valence electrons. The second-order valence-corrected chi connectivity index (χ2v) is 3.79. The third kappa shape index (κ3) is 3.02. The Morgan fingerprint density at radius 3 is 3.00 bits per heavy atom. The van der Waals surface area contributed by atoms with Crippen LogP contribution in [0.2, 0.25) is 0 Å². The fourth-order valence-electron chi connectivity index (χ4n) is 1.83. The maximum atomic E-state index is 5.42. The molecule has 0 aliphatic carbocycles. The van der Waals surface area contributed by atoms with Crippen LogP contribution in [0.15, 0.2) is 0 Å². The molecule has 0 aromatic heterocycles. The van der Waals surface area contributed by atoms with Gasteiger partial charge in [-0.25, -0.2) is 0 Å². The number of nitrogens with zero attached hydrogens (tertiary/aromatic N) is 1. The van der Waals surface area contributed by atoms with Crippen molar-refractivity contribution >= 4 is 0 Å². The Labute approximate surface area is 81.3 Å². The molecule has 1 rings (SSSR count). The summed E-state index contributed by atoms with van der Waals surface area (Å²) in [5.41, 5.74) is 0. The zero-order valence-electron chi connectivity index (χ0n) is 8.62. The smallest absolute Gasteiger partial charge is 0.0724 e. The summed E-state index contributed by atoms with van der Waals surface area (Å²) in [6.07, 6.45) is 7.70. The van der Waals surface area contributed by atoms with Crippen LogP contribution in [0, 0.1) is 18.3 Å². The van der Waals surface area contributed by atoms with E-state index in [1.54, 1.807) is 7.11 Å². The molecule has 13 heavy (non-hydrogen) atoms. The van der Waals surface area contributed by atoms with Gasteiger partial charge in [0.2, 0.25) is 0 Å². The summed E-state index contributed by atoms with van der Waals surface area (Å²) in [6, 6.07) is 0. The average molecular weight is 181 g/mol. The summed E-state index contributed by atoms with van der Waals surface area (Å²) < 4.78 is 5.42. The molecule has 1 saturated heterocycles. The van der Waals surface area contributed by atoms with Gasteiger partial charge in [0.05, 0.1) is 6.10 Å². The van der Waals surface area contributed by atoms with E-state index in [-0.39, 0.29) is 0 Å². The molecule has 2 unspecified atom stereocenters. The molecule has 1 aliphatic heterocycles. The van der Waals surface area contributed by atoms with Crippen molar-refractivity contribution in [3.05, 3.63) is 0 Å². The molecule has 1 heterocycles. The van der Waals surface area contributed by atoms with E-state index in [0.717, 1.165) is 19.5 Å². The van der Waals surface area contributed by atoms with Crippen LogP contribution in [-0.4, -0.2) is 37.7 Å². The Kier molecular flexibility index (Phi) is 4.27. The molecule has 0 radical (unpaired) electrons. The number of likely N-dealkylation sites (tertiary alicyclic amines) is 1. The summed E-state index contributed by atoms with van der Waals surface area (Å²) in [6.45, 7) is 5.48. The van der Waals surface area contributed by atoms with Gasteiger partial charge in [-0.1, -0.05) is 6.92 Å². The maximum Gasteiger partial charge on any atom is 0.0724 e. The molecule has 0 bridgehead atoms. The first-order chi connectivity index (χ1) is 6.27. The van der Waals surface area contributed by atoms with Crippen molar-refractivity contribution in [2.24, 2.45) is 5.92 Å². The van der Waals surface area contributed by atoms with Gasteiger partial charge < -0.3 is 4.74 Å². The SMILES string of the molecule is C#CCCN1CCC(C)C(OC)C1. The third-order valence-corrected chi connectivity index (χ3v) is 2.85. The van der Waals surface area contributed by atoms with Gasteiger partial charge in [-0.2, -0.15) is 0 Å². The maximum absolute atomic E-state index is 5.42. The highest BCUT2D eigenvalue weighted by Gasteiger charge is 2.25. The summed E-state index contributed by atoms with van der Waals surface area (Å²) >= 11 is 0. The van der Waals surface area contributed by atoms with E-state index in [1.165, 1.54) is 13.0 Å². The first kappa shape index (κ1) is 10.6. The second-order valence-electron chi connectivity index (χ2n) is 3.79. The molecule has 0 spiro atoms. The van der Waals surface area contributed by atoms with E-state index >= 15 is 0 Å². The van der Waals surface area contributed by atoms with Gasteiger partial charge >= 0.3 is 0 Å². The lowest BCUT2D eigenvalue weighted by Crippen LogP contribution is -2.44. The van der Waals surface area contributed by atoms with Crippen LogP contribution >= 0.6 is 0 Å². The van der Waals surface area contributed by atoms with E-state index in [4.69, 9.17) is 11.2 Å². The molecule has 2 heteroatoms. The third-order valence-electron chi connectivity index (χ3n) is 2.85. The molecule has 1 aliphatic rings. The first-order valence-corrected chi connectivity index (χ1v) is 4.96.